The van der Waals surface area contributed by atoms with E-state index in [1.165, 1.54) is 11.1 Å². The number of rotatable bonds is 8. The zero-order chi connectivity index (χ0) is 19.9. The predicted molar refractivity (Wildman–Crippen MR) is 110 cm³/mol. The lowest BCUT2D eigenvalue weighted by Crippen LogP contribution is -2.36. The van der Waals surface area contributed by atoms with Crippen molar-refractivity contribution in [3.63, 3.8) is 0 Å². The molecule has 0 spiro atoms. The van der Waals surface area contributed by atoms with Crippen LogP contribution in [0, 0.1) is 0 Å². The van der Waals surface area contributed by atoms with E-state index in [4.69, 9.17) is 9.47 Å². The first-order valence-electron chi connectivity index (χ1n) is 9.43. The molecule has 0 aliphatic heterocycles. The van der Waals surface area contributed by atoms with Crippen molar-refractivity contribution in [1.29, 1.82) is 0 Å². The largest absolute Gasteiger partial charge is 0.497 e. The van der Waals surface area contributed by atoms with E-state index in [-0.39, 0.29) is 17.4 Å². The Morgan fingerprint density at radius 2 is 1.59 bits per heavy atom. The molecule has 1 atom stereocenters. The molecule has 0 saturated carbocycles. The normalized spacial score (nSPS) is 12.3. The summed E-state index contributed by atoms with van der Waals surface area (Å²) in [5.41, 5.74) is 2.63. The molecule has 27 heavy (non-hydrogen) atoms. The Morgan fingerprint density at radius 1 is 1.00 bits per heavy atom. The summed E-state index contributed by atoms with van der Waals surface area (Å²) < 4.78 is 10.8. The molecule has 1 amide bonds. The molecule has 0 aliphatic carbocycles. The van der Waals surface area contributed by atoms with Crippen LogP contribution in [-0.2, 0) is 16.6 Å². The molecule has 0 bridgehead atoms. The number of nitrogens with one attached hydrogen (secondary N) is 1. The molecule has 0 saturated heterocycles. The maximum Gasteiger partial charge on any atom is 0.220 e. The van der Waals surface area contributed by atoms with E-state index in [0.29, 0.717) is 13.0 Å². The van der Waals surface area contributed by atoms with Crippen LogP contribution in [0.5, 0.6) is 11.5 Å². The number of ether oxygens (including phenoxy) is 2. The first-order valence-corrected chi connectivity index (χ1v) is 9.43. The summed E-state index contributed by atoms with van der Waals surface area (Å²) in [5, 5.41) is 2.99. The molecule has 0 fully saturated rings. The number of hydrogen-bond donors (Lipinski definition) is 1. The summed E-state index contributed by atoms with van der Waals surface area (Å²) in [6, 6.07) is 15.9. The van der Waals surface area contributed by atoms with Gasteiger partial charge in [0.25, 0.3) is 0 Å². The first-order chi connectivity index (χ1) is 12.8. The van der Waals surface area contributed by atoms with Crippen LogP contribution in [-0.4, -0.2) is 25.7 Å². The molecule has 0 heterocycles. The smallest absolute Gasteiger partial charge is 0.220 e. The van der Waals surface area contributed by atoms with E-state index in [0.717, 1.165) is 17.9 Å². The summed E-state index contributed by atoms with van der Waals surface area (Å²) in [7, 11) is 1.63. The Balaban J connectivity index is 1.72. The topological polar surface area (TPSA) is 47.6 Å². The number of methoxy groups -OCH3 is 1. The van der Waals surface area contributed by atoms with E-state index >= 15 is 0 Å². The molecule has 0 unspecified atom stereocenters. The Labute approximate surface area is 162 Å². The van der Waals surface area contributed by atoms with Gasteiger partial charge in [-0.3, -0.25) is 4.79 Å². The lowest BCUT2D eigenvalue weighted by atomic mass is 9.86. The summed E-state index contributed by atoms with van der Waals surface area (Å²) in [6.45, 7) is 8.97. The number of benzene rings is 2. The van der Waals surface area contributed by atoms with E-state index in [1.54, 1.807) is 7.11 Å². The highest BCUT2D eigenvalue weighted by Gasteiger charge is 2.13. The quantitative estimate of drug-likeness (QED) is 0.745. The molecule has 4 heteroatoms. The number of hydrogen-bond acceptors (Lipinski definition) is 3. The maximum atomic E-state index is 12.2. The Kier molecular flexibility index (Phi) is 7.28. The van der Waals surface area contributed by atoms with Gasteiger partial charge in [-0.2, -0.15) is 0 Å². The van der Waals surface area contributed by atoms with Crippen LogP contribution in [0.1, 0.15) is 45.2 Å². The second-order valence-electron chi connectivity index (χ2n) is 7.90. The van der Waals surface area contributed by atoms with Crippen molar-refractivity contribution in [2.45, 2.75) is 52.0 Å². The number of carbonyl (C=O) groups excluding carboxylic acids is 1. The Morgan fingerprint density at radius 3 is 2.15 bits per heavy atom. The molecule has 0 aliphatic rings. The van der Waals surface area contributed by atoms with Crippen LogP contribution < -0.4 is 14.8 Å². The van der Waals surface area contributed by atoms with Gasteiger partial charge < -0.3 is 14.8 Å². The third-order valence-corrected chi connectivity index (χ3v) is 4.43. The van der Waals surface area contributed by atoms with Crippen LogP contribution in [0.25, 0.3) is 0 Å². The zero-order valence-electron chi connectivity index (χ0n) is 17.0. The minimum atomic E-state index is -0.0529. The first kappa shape index (κ1) is 20.8. The van der Waals surface area contributed by atoms with Crippen LogP contribution in [0.2, 0.25) is 0 Å². The maximum absolute atomic E-state index is 12.2. The average molecular weight is 370 g/mol. The van der Waals surface area contributed by atoms with Crippen molar-refractivity contribution < 1.29 is 14.3 Å². The minimum absolute atomic E-state index is 0.0423. The molecule has 1 N–H and O–H groups in total. The molecule has 146 valence electrons. The van der Waals surface area contributed by atoms with Crippen molar-refractivity contribution in [2.24, 2.45) is 0 Å². The highest BCUT2D eigenvalue weighted by atomic mass is 16.5. The van der Waals surface area contributed by atoms with Crippen molar-refractivity contribution in [3.05, 3.63) is 59.7 Å². The van der Waals surface area contributed by atoms with Crippen LogP contribution in [0.3, 0.4) is 0 Å². The Hall–Kier alpha value is -2.49. The molecule has 0 radical (unpaired) electrons. The summed E-state index contributed by atoms with van der Waals surface area (Å²) in [5.74, 6) is 1.59. The monoisotopic (exact) mass is 369 g/mol. The zero-order valence-corrected chi connectivity index (χ0v) is 17.0. The second-order valence-corrected chi connectivity index (χ2v) is 7.90. The van der Waals surface area contributed by atoms with E-state index in [2.05, 4.69) is 50.4 Å². The molecule has 4 nitrogen and oxygen atoms in total. The van der Waals surface area contributed by atoms with Gasteiger partial charge >= 0.3 is 0 Å². The van der Waals surface area contributed by atoms with Gasteiger partial charge in [-0.05, 0) is 54.2 Å². The second kappa shape index (κ2) is 9.45. The van der Waals surface area contributed by atoms with Crippen molar-refractivity contribution in [2.75, 3.05) is 13.7 Å². The summed E-state index contributed by atoms with van der Waals surface area (Å²) in [6.07, 6.45) is 1.21. The van der Waals surface area contributed by atoms with Gasteiger partial charge in [0.05, 0.1) is 13.2 Å². The fourth-order valence-corrected chi connectivity index (χ4v) is 2.71. The number of amides is 1. The van der Waals surface area contributed by atoms with Gasteiger partial charge in [0.15, 0.2) is 0 Å². The third kappa shape index (κ3) is 6.97. The summed E-state index contributed by atoms with van der Waals surface area (Å²) in [4.78, 5) is 12.2. The van der Waals surface area contributed by atoms with Gasteiger partial charge in [-0.1, -0.05) is 45.0 Å². The lowest BCUT2D eigenvalue weighted by molar-refractivity contribution is -0.121. The molecule has 2 rings (SSSR count). The number of aryl methyl sites for hydroxylation is 1. The van der Waals surface area contributed by atoms with Crippen LogP contribution in [0.4, 0.5) is 0 Å². The molecule has 0 aromatic heterocycles. The van der Waals surface area contributed by atoms with Gasteiger partial charge in [0, 0.05) is 6.42 Å². The fraction of sp³-hybridized carbons (Fsp3) is 0.435. The standard InChI is InChI=1S/C23H31NO3/c1-17(16-27-21-13-11-20(26-5)12-14-21)24-22(25)15-8-18-6-9-19(10-7-18)23(2,3)4/h6-7,9-14,17H,8,15-16H2,1-5H3,(H,24,25)/t17-/m0/s1. The van der Waals surface area contributed by atoms with Gasteiger partial charge in [-0.25, -0.2) is 0 Å². The van der Waals surface area contributed by atoms with Crippen molar-refractivity contribution in [3.8, 4) is 11.5 Å². The molecule has 2 aromatic carbocycles. The fourth-order valence-electron chi connectivity index (χ4n) is 2.71. The van der Waals surface area contributed by atoms with E-state index in [1.807, 2.05) is 31.2 Å². The third-order valence-electron chi connectivity index (χ3n) is 4.43. The van der Waals surface area contributed by atoms with E-state index in [9.17, 15) is 4.79 Å². The molecular weight excluding hydrogens is 338 g/mol. The summed E-state index contributed by atoms with van der Waals surface area (Å²) >= 11 is 0. The molecule has 2 aromatic rings. The van der Waals surface area contributed by atoms with Gasteiger partial charge in [0.2, 0.25) is 5.91 Å². The van der Waals surface area contributed by atoms with Gasteiger partial charge in [-0.15, -0.1) is 0 Å². The van der Waals surface area contributed by atoms with E-state index < -0.39 is 0 Å². The SMILES string of the molecule is COc1ccc(OC[C@H](C)NC(=O)CCc2ccc(C(C)(C)C)cc2)cc1. The molecular formula is C23H31NO3. The van der Waals surface area contributed by atoms with Crippen molar-refractivity contribution >= 4 is 5.91 Å². The lowest BCUT2D eigenvalue weighted by Gasteiger charge is -2.19. The number of carbonyl (C=O) groups is 1. The van der Waals surface area contributed by atoms with Crippen LogP contribution in [0.15, 0.2) is 48.5 Å². The average Bonchev–Trinajstić information content (AvgIpc) is 2.65. The Bertz CT molecular complexity index is 715. The van der Waals surface area contributed by atoms with Crippen molar-refractivity contribution in [1.82, 2.24) is 5.32 Å². The predicted octanol–water partition coefficient (Wildman–Crippen LogP) is 4.51. The van der Waals surface area contributed by atoms with Gasteiger partial charge in [0.1, 0.15) is 18.1 Å². The highest BCUT2D eigenvalue weighted by Crippen LogP contribution is 2.22. The van der Waals surface area contributed by atoms with Crippen LogP contribution >= 0.6 is 0 Å². The minimum Gasteiger partial charge on any atom is -0.497 e. The highest BCUT2D eigenvalue weighted by molar-refractivity contribution is 5.76.